The maximum Gasteiger partial charge on any atom is 0.287 e. The van der Waals surface area contributed by atoms with Gasteiger partial charge >= 0.3 is 0 Å². The third-order valence-electron chi connectivity index (χ3n) is 3.36. The Morgan fingerprint density at radius 3 is 2.94 bits per heavy atom. The first-order valence-corrected chi connectivity index (χ1v) is 5.86. The lowest BCUT2D eigenvalue weighted by molar-refractivity contribution is -0.384. The highest BCUT2D eigenvalue weighted by atomic mass is 16.6. The predicted octanol–water partition coefficient (Wildman–Crippen LogP) is 0.732. The SMILES string of the molecule is CC(N)C1CCN(C(=O)c2cc([N+](=O)[O-])c[nH]2)C1. The van der Waals surface area contributed by atoms with Gasteiger partial charge in [0.1, 0.15) is 5.69 Å². The number of nitrogens with two attached hydrogens (primary N) is 1. The number of nitrogens with zero attached hydrogens (tertiary/aromatic N) is 2. The predicted molar refractivity (Wildman–Crippen MR) is 65.1 cm³/mol. The average Bonchev–Trinajstić information content (AvgIpc) is 2.97. The largest absolute Gasteiger partial charge is 0.351 e. The summed E-state index contributed by atoms with van der Waals surface area (Å²) in [5.41, 5.74) is 5.97. The maximum atomic E-state index is 12.1. The lowest BCUT2D eigenvalue weighted by atomic mass is 10.0. The summed E-state index contributed by atoms with van der Waals surface area (Å²) in [6, 6.07) is 1.32. The Morgan fingerprint density at radius 2 is 2.44 bits per heavy atom. The van der Waals surface area contributed by atoms with Crippen LogP contribution in [0.25, 0.3) is 0 Å². The second-order valence-electron chi connectivity index (χ2n) is 4.69. The summed E-state index contributed by atoms with van der Waals surface area (Å²) in [6.45, 7) is 3.19. The number of nitrogens with one attached hydrogen (secondary N) is 1. The Kier molecular flexibility index (Phi) is 3.33. The van der Waals surface area contributed by atoms with Gasteiger partial charge < -0.3 is 15.6 Å². The molecule has 1 saturated heterocycles. The standard InChI is InChI=1S/C11H16N4O3/c1-7(12)8-2-3-14(6-8)11(16)10-4-9(5-13-10)15(17)18/h4-5,7-8,13H,2-3,6,12H2,1H3. The minimum absolute atomic E-state index is 0.0563. The molecule has 0 spiro atoms. The quantitative estimate of drug-likeness (QED) is 0.611. The van der Waals surface area contributed by atoms with Gasteiger partial charge in [0.05, 0.1) is 11.1 Å². The number of carbonyl (C=O) groups is 1. The molecule has 1 aromatic rings. The molecule has 0 radical (unpaired) electrons. The summed E-state index contributed by atoms with van der Waals surface area (Å²) in [7, 11) is 0. The summed E-state index contributed by atoms with van der Waals surface area (Å²) < 4.78 is 0. The van der Waals surface area contributed by atoms with Gasteiger partial charge in [-0.05, 0) is 19.3 Å². The van der Waals surface area contributed by atoms with E-state index in [1.807, 2.05) is 6.92 Å². The van der Waals surface area contributed by atoms with Crippen molar-refractivity contribution in [1.82, 2.24) is 9.88 Å². The van der Waals surface area contributed by atoms with Crippen molar-refractivity contribution in [2.75, 3.05) is 13.1 Å². The highest BCUT2D eigenvalue weighted by Crippen LogP contribution is 2.21. The number of hydrogen-bond donors (Lipinski definition) is 2. The fraction of sp³-hybridized carbons (Fsp3) is 0.545. The highest BCUT2D eigenvalue weighted by Gasteiger charge is 2.30. The normalized spacial score (nSPS) is 21.0. The van der Waals surface area contributed by atoms with Crippen molar-refractivity contribution in [3.8, 4) is 0 Å². The van der Waals surface area contributed by atoms with Crippen molar-refractivity contribution in [2.45, 2.75) is 19.4 Å². The van der Waals surface area contributed by atoms with Crippen LogP contribution in [0.4, 0.5) is 5.69 Å². The van der Waals surface area contributed by atoms with E-state index in [0.29, 0.717) is 19.0 Å². The van der Waals surface area contributed by atoms with Crippen LogP contribution in [-0.4, -0.2) is 39.8 Å². The monoisotopic (exact) mass is 252 g/mol. The number of amides is 1. The van der Waals surface area contributed by atoms with Gasteiger partial charge in [-0.3, -0.25) is 14.9 Å². The van der Waals surface area contributed by atoms with Crippen LogP contribution in [0.3, 0.4) is 0 Å². The van der Waals surface area contributed by atoms with E-state index in [1.165, 1.54) is 12.3 Å². The second-order valence-corrected chi connectivity index (χ2v) is 4.69. The Labute approximate surface area is 104 Å². The zero-order valence-corrected chi connectivity index (χ0v) is 10.1. The zero-order valence-electron chi connectivity index (χ0n) is 10.1. The lowest BCUT2D eigenvalue weighted by Gasteiger charge is -2.17. The first-order valence-electron chi connectivity index (χ1n) is 5.86. The number of nitro groups is 1. The smallest absolute Gasteiger partial charge is 0.287 e. The fourth-order valence-electron chi connectivity index (χ4n) is 2.18. The van der Waals surface area contributed by atoms with E-state index in [-0.39, 0.29) is 23.3 Å². The Morgan fingerprint density at radius 1 is 1.72 bits per heavy atom. The molecular weight excluding hydrogens is 236 g/mol. The number of aromatic amines is 1. The van der Waals surface area contributed by atoms with E-state index < -0.39 is 4.92 Å². The van der Waals surface area contributed by atoms with Crippen molar-refractivity contribution in [1.29, 1.82) is 0 Å². The van der Waals surface area contributed by atoms with Gasteiger partial charge in [0, 0.05) is 25.2 Å². The molecule has 1 fully saturated rings. The third kappa shape index (κ3) is 2.35. The zero-order chi connectivity index (χ0) is 13.3. The van der Waals surface area contributed by atoms with Crippen LogP contribution in [0.1, 0.15) is 23.8 Å². The third-order valence-corrected chi connectivity index (χ3v) is 3.36. The summed E-state index contributed by atoms with van der Waals surface area (Å²) in [5.74, 6) is 0.102. The molecular formula is C11H16N4O3. The van der Waals surface area contributed by atoms with Crippen molar-refractivity contribution in [3.05, 3.63) is 28.1 Å². The topological polar surface area (TPSA) is 105 Å². The summed E-state index contributed by atoms with van der Waals surface area (Å²) in [6.07, 6.45) is 2.11. The van der Waals surface area contributed by atoms with E-state index in [2.05, 4.69) is 4.98 Å². The molecule has 1 aliphatic heterocycles. The highest BCUT2D eigenvalue weighted by molar-refractivity contribution is 5.93. The van der Waals surface area contributed by atoms with Gasteiger partial charge in [0.2, 0.25) is 0 Å². The molecule has 2 rings (SSSR count). The van der Waals surface area contributed by atoms with Gasteiger partial charge in [-0.15, -0.1) is 0 Å². The number of hydrogen-bond acceptors (Lipinski definition) is 4. The van der Waals surface area contributed by atoms with E-state index in [9.17, 15) is 14.9 Å². The van der Waals surface area contributed by atoms with Crippen molar-refractivity contribution in [2.24, 2.45) is 11.7 Å². The molecule has 0 bridgehead atoms. The summed E-state index contributed by atoms with van der Waals surface area (Å²) in [4.78, 5) is 26.4. The fourth-order valence-corrected chi connectivity index (χ4v) is 2.18. The van der Waals surface area contributed by atoms with Crippen LogP contribution >= 0.6 is 0 Å². The van der Waals surface area contributed by atoms with Crippen molar-refractivity contribution >= 4 is 11.6 Å². The van der Waals surface area contributed by atoms with Crippen molar-refractivity contribution < 1.29 is 9.72 Å². The van der Waals surface area contributed by atoms with Gasteiger partial charge in [-0.2, -0.15) is 0 Å². The van der Waals surface area contributed by atoms with Gasteiger partial charge in [-0.25, -0.2) is 0 Å². The van der Waals surface area contributed by atoms with E-state index in [4.69, 9.17) is 5.73 Å². The molecule has 1 aromatic heterocycles. The Bertz CT molecular complexity index is 469. The summed E-state index contributed by atoms with van der Waals surface area (Å²) in [5, 5.41) is 10.5. The van der Waals surface area contributed by atoms with E-state index in [0.717, 1.165) is 6.42 Å². The molecule has 0 aliphatic carbocycles. The molecule has 0 aromatic carbocycles. The van der Waals surface area contributed by atoms with Crippen LogP contribution in [0.5, 0.6) is 0 Å². The number of rotatable bonds is 3. The molecule has 3 N–H and O–H groups in total. The average molecular weight is 252 g/mol. The van der Waals surface area contributed by atoms with Crippen LogP contribution in [0.2, 0.25) is 0 Å². The Hall–Kier alpha value is -1.89. The van der Waals surface area contributed by atoms with Crippen LogP contribution in [-0.2, 0) is 0 Å². The van der Waals surface area contributed by atoms with Crippen LogP contribution < -0.4 is 5.73 Å². The molecule has 1 amide bonds. The molecule has 98 valence electrons. The summed E-state index contributed by atoms with van der Waals surface area (Å²) >= 11 is 0. The van der Waals surface area contributed by atoms with E-state index in [1.54, 1.807) is 4.90 Å². The second kappa shape index (κ2) is 4.77. The van der Waals surface area contributed by atoms with Gasteiger partial charge in [-0.1, -0.05) is 0 Å². The molecule has 18 heavy (non-hydrogen) atoms. The maximum absolute atomic E-state index is 12.1. The number of aromatic nitrogens is 1. The van der Waals surface area contributed by atoms with E-state index >= 15 is 0 Å². The van der Waals surface area contributed by atoms with Crippen molar-refractivity contribution in [3.63, 3.8) is 0 Å². The molecule has 7 heteroatoms. The first-order chi connectivity index (χ1) is 8.49. The first kappa shape index (κ1) is 12.6. The molecule has 7 nitrogen and oxygen atoms in total. The molecule has 2 unspecified atom stereocenters. The molecule has 2 heterocycles. The molecule has 2 atom stereocenters. The molecule has 1 aliphatic rings. The lowest BCUT2D eigenvalue weighted by Crippen LogP contribution is -2.33. The Balaban J connectivity index is 2.05. The minimum Gasteiger partial charge on any atom is -0.351 e. The minimum atomic E-state index is -0.526. The van der Waals surface area contributed by atoms with Gasteiger partial charge in [0.15, 0.2) is 0 Å². The molecule has 0 saturated carbocycles. The van der Waals surface area contributed by atoms with Gasteiger partial charge in [0.25, 0.3) is 11.6 Å². The number of likely N-dealkylation sites (tertiary alicyclic amines) is 1. The number of carbonyl (C=O) groups excluding carboxylic acids is 1. The number of H-pyrrole nitrogens is 1. The van der Waals surface area contributed by atoms with Crippen LogP contribution in [0.15, 0.2) is 12.3 Å². The van der Waals surface area contributed by atoms with Crippen LogP contribution in [0, 0.1) is 16.0 Å².